The molecule has 0 radical (unpaired) electrons. The van der Waals surface area contributed by atoms with Crippen LogP contribution < -0.4 is 0 Å². The normalized spacial score (nSPS) is 27.9. The minimum atomic E-state index is -1.61. The van der Waals surface area contributed by atoms with E-state index in [-0.39, 0.29) is 6.61 Å². The Labute approximate surface area is 169 Å². The Morgan fingerprint density at radius 3 is 1.93 bits per heavy atom. The molecule has 7 heteroatoms. The molecule has 0 amide bonds. The van der Waals surface area contributed by atoms with Crippen molar-refractivity contribution in [1.29, 1.82) is 0 Å². The number of ether oxygens (including phenoxy) is 2. The van der Waals surface area contributed by atoms with Crippen molar-refractivity contribution in [3.63, 3.8) is 0 Å². The number of hydrogen-bond acceptors (Lipinski definition) is 7. The van der Waals surface area contributed by atoms with Crippen LogP contribution in [-0.4, -0.2) is 63.7 Å². The van der Waals surface area contributed by atoms with Crippen LogP contribution in [0.15, 0.2) is 0 Å². The standard InChI is InChI=1S/C21H40O7/c1-15(2)12-10-8-6-4-3-5-7-9-11-13-17(22)27-14-16-18(23)19(24)20(25)21(26)28-16/h15-16,18-21,23-26H,3-14H2,1-2H3/t16-,18-,19+,20-,21?/m1/s1. The van der Waals surface area contributed by atoms with E-state index in [4.69, 9.17) is 9.47 Å². The zero-order valence-corrected chi connectivity index (χ0v) is 17.5. The van der Waals surface area contributed by atoms with Crippen molar-refractivity contribution < 1.29 is 34.7 Å². The summed E-state index contributed by atoms with van der Waals surface area (Å²) in [7, 11) is 0. The molecule has 0 aliphatic carbocycles. The third-order valence-corrected chi connectivity index (χ3v) is 5.26. The molecule has 1 aliphatic heterocycles. The van der Waals surface area contributed by atoms with Crippen molar-refractivity contribution in [3.05, 3.63) is 0 Å². The lowest BCUT2D eigenvalue weighted by Crippen LogP contribution is -2.58. The maximum absolute atomic E-state index is 11.8. The monoisotopic (exact) mass is 404 g/mol. The highest BCUT2D eigenvalue weighted by molar-refractivity contribution is 5.69. The van der Waals surface area contributed by atoms with Gasteiger partial charge in [0.05, 0.1) is 0 Å². The quantitative estimate of drug-likeness (QED) is 0.259. The van der Waals surface area contributed by atoms with Crippen LogP contribution in [0.2, 0.25) is 0 Å². The molecule has 28 heavy (non-hydrogen) atoms. The molecule has 7 nitrogen and oxygen atoms in total. The van der Waals surface area contributed by atoms with Gasteiger partial charge in [0.15, 0.2) is 6.29 Å². The molecular formula is C21H40O7. The van der Waals surface area contributed by atoms with E-state index in [2.05, 4.69) is 13.8 Å². The fraction of sp³-hybridized carbons (Fsp3) is 0.952. The fourth-order valence-electron chi connectivity index (χ4n) is 3.38. The summed E-state index contributed by atoms with van der Waals surface area (Å²) in [6, 6.07) is 0. The lowest BCUT2D eigenvalue weighted by Gasteiger charge is -2.37. The number of carbonyl (C=O) groups excluding carboxylic acids is 1. The maximum atomic E-state index is 11.8. The van der Waals surface area contributed by atoms with Gasteiger partial charge in [-0.3, -0.25) is 4.79 Å². The summed E-state index contributed by atoms with van der Waals surface area (Å²) < 4.78 is 10.0. The number of aliphatic hydroxyl groups excluding tert-OH is 4. The number of hydrogen-bond donors (Lipinski definition) is 4. The molecule has 0 saturated carbocycles. The van der Waals surface area contributed by atoms with E-state index >= 15 is 0 Å². The Morgan fingerprint density at radius 1 is 0.821 bits per heavy atom. The molecule has 0 aromatic heterocycles. The van der Waals surface area contributed by atoms with Crippen LogP contribution in [0.4, 0.5) is 0 Å². The van der Waals surface area contributed by atoms with Gasteiger partial charge in [0, 0.05) is 6.42 Å². The summed E-state index contributed by atoms with van der Waals surface area (Å²) >= 11 is 0. The van der Waals surface area contributed by atoms with Crippen molar-refractivity contribution in [2.24, 2.45) is 5.92 Å². The predicted molar refractivity (Wildman–Crippen MR) is 105 cm³/mol. The van der Waals surface area contributed by atoms with Crippen LogP contribution in [0, 0.1) is 5.92 Å². The zero-order chi connectivity index (χ0) is 20.9. The Morgan fingerprint density at radius 2 is 1.36 bits per heavy atom. The fourth-order valence-corrected chi connectivity index (χ4v) is 3.38. The molecule has 0 bridgehead atoms. The second-order valence-electron chi connectivity index (χ2n) is 8.33. The van der Waals surface area contributed by atoms with Crippen LogP contribution in [0.25, 0.3) is 0 Å². The van der Waals surface area contributed by atoms with Gasteiger partial charge in [-0.1, -0.05) is 71.6 Å². The average Bonchev–Trinajstić information content (AvgIpc) is 2.65. The van der Waals surface area contributed by atoms with Gasteiger partial charge in [-0.05, 0) is 12.3 Å². The summed E-state index contributed by atoms with van der Waals surface area (Å²) in [5, 5.41) is 38.2. The van der Waals surface area contributed by atoms with Gasteiger partial charge in [0.2, 0.25) is 0 Å². The number of rotatable bonds is 14. The third kappa shape index (κ3) is 10.2. The first-order valence-electron chi connectivity index (χ1n) is 10.9. The molecule has 1 aliphatic rings. The highest BCUT2D eigenvalue weighted by Gasteiger charge is 2.43. The summed E-state index contributed by atoms with van der Waals surface area (Å²) in [4.78, 5) is 11.8. The molecule has 166 valence electrons. The Hall–Kier alpha value is -0.730. The van der Waals surface area contributed by atoms with Gasteiger partial charge in [-0.2, -0.15) is 0 Å². The van der Waals surface area contributed by atoms with Crippen molar-refractivity contribution in [3.8, 4) is 0 Å². The summed E-state index contributed by atoms with van der Waals surface area (Å²) in [6.07, 6.45) is 4.97. The van der Waals surface area contributed by atoms with Gasteiger partial charge in [-0.15, -0.1) is 0 Å². The van der Waals surface area contributed by atoms with Crippen LogP contribution in [0.5, 0.6) is 0 Å². The van der Waals surface area contributed by atoms with Crippen LogP contribution >= 0.6 is 0 Å². The number of aliphatic hydroxyl groups is 4. The Balaban J connectivity index is 1.97. The zero-order valence-electron chi connectivity index (χ0n) is 17.5. The second-order valence-corrected chi connectivity index (χ2v) is 8.33. The molecule has 1 rings (SSSR count). The van der Waals surface area contributed by atoms with Gasteiger partial charge < -0.3 is 29.9 Å². The third-order valence-electron chi connectivity index (χ3n) is 5.26. The topological polar surface area (TPSA) is 116 Å². The van der Waals surface area contributed by atoms with E-state index < -0.39 is 36.7 Å². The van der Waals surface area contributed by atoms with Gasteiger partial charge in [-0.25, -0.2) is 0 Å². The summed E-state index contributed by atoms with van der Waals surface area (Å²) in [5.41, 5.74) is 0. The highest BCUT2D eigenvalue weighted by Crippen LogP contribution is 2.20. The van der Waals surface area contributed by atoms with E-state index in [0.717, 1.165) is 25.2 Å². The molecule has 4 N–H and O–H groups in total. The molecule has 0 spiro atoms. The lowest BCUT2D eigenvalue weighted by molar-refractivity contribution is -0.287. The van der Waals surface area contributed by atoms with Gasteiger partial charge >= 0.3 is 5.97 Å². The lowest BCUT2D eigenvalue weighted by atomic mass is 9.99. The molecule has 1 unspecified atom stereocenters. The van der Waals surface area contributed by atoms with E-state index in [1.165, 1.54) is 44.9 Å². The summed E-state index contributed by atoms with van der Waals surface area (Å²) in [5.74, 6) is 0.411. The largest absolute Gasteiger partial charge is 0.463 e. The predicted octanol–water partition coefficient (Wildman–Crippen LogP) is 2.28. The van der Waals surface area contributed by atoms with E-state index in [0.29, 0.717) is 6.42 Å². The number of unbranched alkanes of at least 4 members (excludes halogenated alkanes) is 8. The molecule has 0 aromatic rings. The Bertz CT molecular complexity index is 416. The minimum absolute atomic E-state index is 0.266. The van der Waals surface area contributed by atoms with Gasteiger partial charge in [0.1, 0.15) is 31.0 Å². The number of esters is 1. The second kappa shape index (κ2) is 14.3. The van der Waals surface area contributed by atoms with Crippen molar-refractivity contribution in [2.75, 3.05) is 6.61 Å². The van der Waals surface area contributed by atoms with Crippen molar-refractivity contribution in [1.82, 2.24) is 0 Å². The Kier molecular flexibility index (Phi) is 12.9. The SMILES string of the molecule is CC(C)CCCCCCCCCCCC(=O)OC[C@H]1OC(O)[C@H](O)[C@@H](O)[C@@H]1O. The molecule has 1 saturated heterocycles. The van der Waals surface area contributed by atoms with Crippen LogP contribution in [-0.2, 0) is 14.3 Å². The van der Waals surface area contributed by atoms with Crippen molar-refractivity contribution >= 4 is 5.97 Å². The summed E-state index contributed by atoms with van der Waals surface area (Å²) in [6.45, 7) is 4.27. The van der Waals surface area contributed by atoms with Crippen LogP contribution in [0.1, 0.15) is 84.5 Å². The highest BCUT2D eigenvalue weighted by atomic mass is 16.6. The van der Waals surface area contributed by atoms with Crippen LogP contribution in [0.3, 0.4) is 0 Å². The number of carbonyl (C=O) groups is 1. The molecule has 1 heterocycles. The molecular weight excluding hydrogens is 364 g/mol. The smallest absolute Gasteiger partial charge is 0.305 e. The van der Waals surface area contributed by atoms with E-state index in [1.807, 2.05) is 0 Å². The first kappa shape index (κ1) is 25.3. The maximum Gasteiger partial charge on any atom is 0.305 e. The minimum Gasteiger partial charge on any atom is -0.463 e. The van der Waals surface area contributed by atoms with Crippen molar-refractivity contribution in [2.45, 2.75) is 115 Å². The van der Waals surface area contributed by atoms with E-state index in [1.54, 1.807) is 0 Å². The molecule has 5 atom stereocenters. The van der Waals surface area contributed by atoms with E-state index in [9.17, 15) is 25.2 Å². The first-order valence-corrected chi connectivity index (χ1v) is 10.9. The average molecular weight is 405 g/mol. The molecule has 0 aromatic carbocycles. The first-order chi connectivity index (χ1) is 13.3. The van der Waals surface area contributed by atoms with Gasteiger partial charge in [0.25, 0.3) is 0 Å². The molecule has 1 fully saturated rings.